The largest absolute Gasteiger partial charge is 0.380 e. The van der Waals surface area contributed by atoms with Crippen LogP contribution in [0.3, 0.4) is 0 Å². The molecule has 2 aromatic carbocycles. The average molecular weight is 348 g/mol. The molecule has 6 heteroatoms. The molecule has 2 aromatic rings. The van der Waals surface area contributed by atoms with Gasteiger partial charge in [-0.25, -0.2) is 8.42 Å². The summed E-state index contributed by atoms with van der Waals surface area (Å²) in [5, 5.41) is 3.49. The minimum Gasteiger partial charge on any atom is -0.380 e. The summed E-state index contributed by atoms with van der Waals surface area (Å²) in [6, 6.07) is 15.7. The molecule has 0 saturated carbocycles. The smallest absolute Gasteiger partial charge is 0.229 e. The normalized spacial score (nSPS) is 12.8. The highest BCUT2D eigenvalue weighted by Gasteiger charge is 2.08. The summed E-state index contributed by atoms with van der Waals surface area (Å²) in [6.07, 6.45) is 1.14. The first-order valence-corrected chi connectivity index (χ1v) is 9.65. The molecule has 1 atom stereocenters. The molecule has 0 fully saturated rings. The van der Waals surface area contributed by atoms with Crippen molar-refractivity contribution in [3.05, 3.63) is 65.2 Å². The van der Waals surface area contributed by atoms with Crippen molar-refractivity contribution in [1.29, 1.82) is 0 Å². The fourth-order valence-corrected chi connectivity index (χ4v) is 3.03. The van der Waals surface area contributed by atoms with Crippen LogP contribution in [0.2, 0.25) is 0 Å². The van der Waals surface area contributed by atoms with Crippen LogP contribution in [0.4, 0.5) is 5.69 Å². The first kappa shape index (κ1) is 18.4. The summed E-state index contributed by atoms with van der Waals surface area (Å²) in [5.74, 6) is 0. The third kappa shape index (κ3) is 5.63. The molecule has 2 N–H and O–H groups in total. The number of sulfonamides is 1. The molecule has 0 aliphatic rings. The monoisotopic (exact) mass is 348 g/mol. The molecule has 0 heterocycles. The Kier molecular flexibility index (Phi) is 6.36. The van der Waals surface area contributed by atoms with E-state index in [1.807, 2.05) is 24.3 Å². The fraction of sp³-hybridized carbons (Fsp3) is 0.333. The van der Waals surface area contributed by atoms with E-state index < -0.39 is 10.0 Å². The number of anilines is 1. The minimum atomic E-state index is -3.24. The van der Waals surface area contributed by atoms with E-state index in [1.54, 1.807) is 19.2 Å². The van der Waals surface area contributed by atoms with Crippen LogP contribution in [0.5, 0.6) is 0 Å². The number of ether oxygens (including phenoxy) is 1. The van der Waals surface area contributed by atoms with E-state index in [2.05, 4.69) is 29.1 Å². The second-order valence-corrected chi connectivity index (χ2v) is 7.55. The van der Waals surface area contributed by atoms with Gasteiger partial charge in [0.1, 0.15) is 0 Å². The van der Waals surface area contributed by atoms with Crippen LogP contribution in [0.15, 0.2) is 48.5 Å². The molecule has 0 aliphatic carbocycles. The first-order chi connectivity index (χ1) is 11.4. The quantitative estimate of drug-likeness (QED) is 0.769. The van der Waals surface area contributed by atoms with Crippen molar-refractivity contribution < 1.29 is 13.2 Å². The lowest BCUT2D eigenvalue weighted by molar-refractivity contribution is 0.184. The zero-order valence-electron chi connectivity index (χ0n) is 14.2. The Morgan fingerprint density at radius 1 is 1.04 bits per heavy atom. The third-order valence-corrected chi connectivity index (χ3v) is 4.34. The summed E-state index contributed by atoms with van der Waals surface area (Å²) in [4.78, 5) is 0. The third-order valence-electron chi connectivity index (χ3n) is 3.73. The van der Waals surface area contributed by atoms with Crippen LogP contribution in [-0.2, 0) is 27.9 Å². The van der Waals surface area contributed by atoms with E-state index in [1.165, 1.54) is 11.1 Å². The van der Waals surface area contributed by atoms with Gasteiger partial charge < -0.3 is 10.1 Å². The van der Waals surface area contributed by atoms with E-state index in [0.29, 0.717) is 12.3 Å². The van der Waals surface area contributed by atoms with Crippen LogP contribution in [0, 0.1) is 0 Å². The van der Waals surface area contributed by atoms with Gasteiger partial charge in [-0.2, -0.15) is 0 Å². The zero-order chi connectivity index (χ0) is 17.6. The molecule has 24 heavy (non-hydrogen) atoms. The predicted octanol–water partition coefficient (Wildman–Crippen LogP) is 3.06. The topological polar surface area (TPSA) is 67.4 Å². The van der Waals surface area contributed by atoms with Crippen molar-refractivity contribution in [3.63, 3.8) is 0 Å². The molecule has 0 aliphatic heterocycles. The number of rotatable bonds is 8. The van der Waals surface area contributed by atoms with E-state index in [4.69, 9.17) is 4.74 Å². The summed E-state index contributed by atoms with van der Waals surface area (Å²) < 4.78 is 30.2. The van der Waals surface area contributed by atoms with E-state index in [9.17, 15) is 8.42 Å². The molecule has 0 spiro atoms. The van der Waals surface area contributed by atoms with Crippen molar-refractivity contribution in [1.82, 2.24) is 5.32 Å². The minimum absolute atomic E-state index is 0.146. The predicted molar refractivity (Wildman–Crippen MR) is 97.3 cm³/mol. The molecule has 0 aromatic heterocycles. The molecule has 5 nitrogen and oxygen atoms in total. The van der Waals surface area contributed by atoms with Crippen LogP contribution < -0.4 is 10.0 Å². The van der Waals surface area contributed by atoms with Gasteiger partial charge in [0.15, 0.2) is 0 Å². The molecule has 0 unspecified atom stereocenters. The Balaban J connectivity index is 1.99. The molecule has 0 saturated heterocycles. The lowest BCUT2D eigenvalue weighted by Crippen LogP contribution is -2.19. The Morgan fingerprint density at radius 3 is 2.25 bits per heavy atom. The van der Waals surface area contributed by atoms with E-state index in [0.717, 1.165) is 18.4 Å². The van der Waals surface area contributed by atoms with Crippen LogP contribution in [0.1, 0.15) is 29.7 Å². The highest BCUT2D eigenvalue weighted by atomic mass is 32.2. The number of nitrogens with one attached hydrogen (secondary N) is 2. The van der Waals surface area contributed by atoms with Crippen molar-refractivity contribution in [2.45, 2.75) is 26.1 Å². The molecular formula is C18H24N2O3S. The van der Waals surface area contributed by atoms with Gasteiger partial charge in [0, 0.05) is 25.4 Å². The van der Waals surface area contributed by atoms with E-state index in [-0.39, 0.29) is 6.04 Å². The number of hydrogen-bond donors (Lipinski definition) is 2. The lowest BCUT2D eigenvalue weighted by Gasteiger charge is -2.16. The van der Waals surface area contributed by atoms with Gasteiger partial charge in [0.05, 0.1) is 12.9 Å². The Hall–Kier alpha value is -1.89. The second kappa shape index (κ2) is 8.28. The average Bonchev–Trinajstić information content (AvgIpc) is 2.53. The summed E-state index contributed by atoms with van der Waals surface area (Å²) in [7, 11) is -1.55. The molecule has 0 radical (unpaired) electrons. The maximum atomic E-state index is 11.2. The second-order valence-electron chi connectivity index (χ2n) is 5.80. The SMILES string of the molecule is COCc1ccccc1CN[C@@H](C)c1ccc(NS(C)(=O)=O)cc1. The summed E-state index contributed by atoms with van der Waals surface area (Å²) >= 11 is 0. The Bertz CT molecular complexity index is 758. The fourth-order valence-electron chi connectivity index (χ4n) is 2.46. The van der Waals surface area contributed by atoms with Gasteiger partial charge in [0.2, 0.25) is 10.0 Å². The maximum Gasteiger partial charge on any atom is 0.229 e. The van der Waals surface area contributed by atoms with Crippen molar-refractivity contribution in [2.75, 3.05) is 18.1 Å². The van der Waals surface area contributed by atoms with E-state index >= 15 is 0 Å². The highest BCUT2D eigenvalue weighted by molar-refractivity contribution is 7.92. The van der Waals surface area contributed by atoms with Gasteiger partial charge >= 0.3 is 0 Å². The first-order valence-electron chi connectivity index (χ1n) is 7.76. The van der Waals surface area contributed by atoms with Gasteiger partial charge in [-0.05, 0) is 35.7 Å². The lowest BCUT2D eigenvalue weighted by atomic mass is 10.1. The summed E-state index contributed by atoms with van der Waals surface area (Å²) in [6.45, 7) is 3.42. The Labute approximate surface area is 144 Å². The van der Waals surface area contributed by atoms with Gasteiger partial charge in [-0.15, -0.1) is 0 Å². The molecular weight excluding hydrogens is 324 g/mol. The van der Waals surface area contributed by atoms with Crippen LogP contribution >= 0.6 is 0 Å². The van der Waals surface area contributed by atoms with Gasteiger partial charge in [0.25, 0.3) is 0 Å². The maximum absolute atomic E-state index is 11.2. The summed E-state index contributed by atoms with van der Waals surface area (Å²) in [5.41, 5.74) is 4.05. The van der Waals surface area contributed by atoms with Crippen LogP contribution in [0.25, 0.3) is 0 Å². The van der Waals surface area contributed by atoms with Crippen LogP contribution in [-0.4, -0.2) is 21.8 Å². The number of benzene rings is 2. The molecule has 0 bridgehead atoms. The van der Waals surface area contributed by atoms with Crippen molar-refractivity contribution >= 4 is 15.7 Å². The number of hydrogen-bond acceptors (Lipinski definition) is 4. The Morgan fingerprint density at radius 2 is 1.67 bits per heavy atom. The molecule has 130 valence electrons. The standard InChI is InChI=1S/C18H24N2O3S/c1-14(15-8-10-18(11-9-15)20-24(3,21)22)19-12-16-6-4-5-7-17(16)13-23-2/h4-11,14,19-20H,12-13H2,1-3H3/t14-/m0/s1. The van der Waals surface area contributed by atoms with Gasteiger partial charge in [-0.3, -0.25) is 4.72 Å². The molecule has 0 amide bonds. The zero-order valence-corrected chi connectivity index (χ0v) is 15.1. The molecule has 2 rings (SSSR count). The van der Waals surface area contributed by atoms with Gasteiger partial charge in [-0.1, -0.05) is 36.4 Å². The highest BCUT2D eigenvalue weighted by Crippen LogP contribution is 2.18. The number of methoxy groups -OCH3 is 1. The van der Waals surface area contributed by atoms with Crippen molar-refractivity contribution in [3.8, 4) is 0 Å². The van der Waals surface area contributed by atoms with Crippen molar-refractivity contribution in [2.24, 2.45) is 0 Å².